The summed E-state index contributed by atoms with van der Waals surface area (Å²) >= 11 is 6.07. The molecule has 16 heavy (non-hydrogen) atoms. The molecule has 0 amide bonds. The predicted molar refractivity (Wildman–Crippen MR) is 66.9 cm³/mol. The van der Waals surface area contributed by atoms with Crippen molar-refractivity contribution in [1.82, 2.24) is 9.97 Å². The summed E-state index contributed by atoms with van der Waals surface area (Å²) in [6.45, 7) is 10.9. The largest absolute Gasteiger partial charge is 0.237 e. The molecule has 0 bridgehead atoms. The Morgan fingerprint density at radius 3 is 2.31 bits per heavy atom. The van der Waals surface area contributed by atoms with E-state index >= 15 is 0 Å². The van der Waals surface area contributed by atoms with Gasteiger partial charge in [0.25, 0.3) is 0 Å². The van der Waals surface area contributed by atoms with Crippen LogP contribution in [0.25, 0.3) is 0 Å². The van der Waals surface area contributed by atoms with E-state index in [-0.39, 0.29) is 5.41 Å². The first-order valence-corrected chi connectivity index (χ1v) is 6.13. The fourth-order valence-corrected chi connectivity index (χ4v) is 2.07. The van der Waals surface area contributed by atoms with Gasteiger partial charge in [-0.3, -0.25) is 0 Å². The van der Waals surface area contributed by atoms with Gasteiger partial charge in [0.05, 0.1) is 5.69 Å². The van der Waals surface area contributed by atoms with Crippen molar-refractivity contribution in [3.05, 3.63) is 22.7 Å². The van der Waals surface area contributed by atoms with Gasteiger partial charge < -0.3 is 0 Å². The molecular formula is C13H19ClN2. The number of hydrogen-bond acceptors (Lipinski definition) is 2. The molecule has 88 valence electrons. The summed E-state index contributed by atoms with van der Waals surface area (Å²) in [5.74, 6) is 1.40. The lowest BCUT2D eigenvalue weighted by molar-refractivity contribution is 0.553. The van der Waals surface area contributed by atoms with Gasteiger partial charge in [-0.05, 0) is 17.9 Å². The molecule has 0 saturated heterocycles. The Labute approximate surface area is 102 Å². The molecule has 1 atom stereocenters. The second-order valence-corrected chi connectivity index (χ2v) is 6.82. The zero-order valence-electron chi connectivity index (χ0n) is 10.6. The number of halogens is 1. The standard InChI is InChI=1S/C13H19ClN2/c1-12(2,3)9-6-10(14)16-11(15-9)8-7-13(8,4)5/h6,8H,7H2,1-5H3. The quantitative estimate of drug-likeness (QED) is 0.693. The fourth-order valence-electron chi connectivity index (χ4n) is 1.88. The fraction of sp³-hybridized carbons (Fsp3) is 0.692. The lowest BCUT2D eigenvalue weighted by Crippen LogP contribution is -2.15. The SMILES string of the molecule is CC(C)(C)c1cc(Cl)nc(C2CC2(C)C)n1. The second kappa shape index (κ2) is 3.43. The predicted octanol–water partition coefficient (Wildman–Crippen LogP) is 3.94. The summed E-state index contributed by atoms with van der Waals surface area (Å²) in [6, 6.07) is 1.88. The molecule has 1 aromatic heterocycles. The van der Waals surface area contributed by atoms with Crippen molar-refractivity contribution in [2.24, 2.45) is 5.41 Å². The van der Waals surface area contributed by atoms with Gasteiger partial charge in [-0.15, -0.1) is 0 Å². The highest BCUT2D eigenvalue weighted by molar-refractivity contribution is 6.29. The minimum Gasteiger partial charge on any atom is -0.237 e. The van der Waals surface area contributed by atoms with Gasteiger partial charge in [0.1, 0.15) is 11.0 Å². The van der Waals surface area contributed by atoms with Gasteiger partial charge in [0, 0.05) is 11.3 Å². The molecule has 2 nitrogen and oxygen atoms in total. The van der Waals surface area contributed by atoms with Gasteiger partial charge >= 0.3 is 0 Å². The Bertz CT molecular complexity index is 418. The molecule has 1 aromatic rings. The Balaban J connectivity index is 2.38. The zero-order chi connectivity index (χ0) is 12.1. The highest BCUT2D eigenvalue weighted by Crippen LogP contribution is 2.57. The van der Waals surface area contributed by atoms with Crippen molar-refractivity contribution in [1.29, 1.82) is 0 Å². The molecule has 0 radical (unpaired) electrons. The van der Waals surface area contributed by atoms with Crippen molar-refractivity contribution >= 4 is 11.6 Å². The lowest BCUT2D eigenvalue weighted by atomic mass is 9.92. The maximum Gasteiger partial charge on any atom is 0.133 e. The molecular weight excluding hydrogens is 220 g/mol. The van der Waals surface area contributed by atoms with Gasteiger partial charge in [-0.1, -0.05) is 46.2 Å². The first-order valence-electron chi connectivity index (χ1n) is 5.75. The molecule has 1 heterocycles. The monoisotopic (exact) mass is 238 g/mol. The Kier molecular flexibility index (Phi) is 2.54. The average Bonchev–Trinajstić information content (AvgIpc) is 2.72. The van der Waals surface area contributed by atoms with Crippen LogP contribution in [0, 0.1) is 5.41 Å². The molecule has 3 heteroatoms. The minimum absolute atomic E-state index is 0.0281. The van der Waals surface area contributed by atoms with Gasteiger partial charge in [-0.2, -0.15) is 0 Å². The Morgan fingerprint density at radius 2 is 1.88 bits per heavy atom. The Hall–Kier alpha value is -0.630. The van der Waals surface area contributed by atoms with Crippen LogP contribution in [0.5, 0.6) is 0 Å². The van der Waals surface area contributed by atoms with E-state index in [1.807, 2.05) is 6.07 Å². The van der Waals surface area contributed by atoms with E-state index < -0.39 is 0 Å². The normalized spacial score (nSPS) is 23.2. The number of rotatable bonds is 1. The van der Waals surface area contributed by atoms with E-state index in [4.69, 9.17) is 11.6 Å². The van der Waals surface area contributed by atoms with Crippen LogP contribution in [-0.4, -0.2) is 9.97 Å². The minimum atomic E-state index is 0.0281. The van der Waals surface area contributed by atoms with Crippen molar-refractivity contribution in [2.45, 2.75) is 52.4 Å². The summed E-state index contributed by atoms with van der Waals surface area (Å²) in [7, 11) is 0. The van der Waals surface area contributed by atoms with Crippen molar-refractivity contribution in [3.8, 4) is 0 Å². The third kappa shape index (κ3) is 2.22. The number of nitrogens with zero attached hydrogens (tertiary/aromatic N) is 2. The van der Waals surface area contributed by atoms with Gasteiger partial charge in [0.15, 0.2) is 0 Å². The number of aromatic nitrogens is 2. The lowest BCUT2D eigenvalue weighted by Gasteiger charge is -2.18. The van der Waals surface area contributed by atoms with Gasteiger partial charge in [-0.25, -0.2) is 9.97 Å². The van der Waals surface area contributed by atoms with E-state index in [0.717, 1.165) is 17.9 Å². The van der Waals surface area contributed by atoms with Crippen LogP contribution in [0.1, 0.15) is 58.5 Å². The van der Waals surface area contributed by atoms with Crippen LogP contribution in [-0.2, 0) is 5.41 Å². The summed E-state index contributed by atoms with van der Waals surface area (Å²) in [4.78, 5) is 9.03. The van der Waals surface area contributed by atoms with Crippen LogP contribution in [0.3, 0.4) is 0 Å². The number of hydrogen-bond donors (Lipinski definition) is 0. The van der Waals surface area contributed by atoms with E-state index in [1.165, 1.54) is 0 Å². The smallest absolute Gasteiger partial charge is 0.133 e. The molecule has 0 aromatic carbocycles. The van der Waals surface area contributed by atoms with Crippen molar-refractivity contribution in [3.63, 3.8) is 0 Å². The molecule has 0 spiro atoms. The van der Waals surface area contributed by atoms with E-state index in [1.54, 1.807) is 0 Å². The molecule has 1 aliphatic carbocycles. The van der Waals surface area contributed by atoms with Crippen LogP contribution >= 0.6 is 11.6 Å². The molecule has 1 unspecified atom stereocenters. The molecule has 0 aliphatic heterocycles. The van der Waals surface area contributed by atoms with Crippen molar-refractivity contribution in [2.75, 3.05) is 0 Å². The maximum absolute atomic E-state index is 6.07. The van der Waals surface area contributed by atoms with E-state index in [0.29, 0.717) is 16.5 Å². The molecule has 1 saturated carbocycles. The third-order valence-corrected chi connectivity index (χ3v) is 3.50. The van der Waals surface area contributed by atoms with Crippen LogP contribution in [0.4, 0.5) is 0 Å². The van der Waals surface area contributed by atoms with Gasteiger partial charge in [0.2, 0.25) is 0 Å². The molecule has 1 aliphatic rings. The maximum atomic E-state index is 6.07. The summed E-state index contributed by atoms with van der Waals surface area (Å²) in [5.41, 5.74) is 1.41. The molecule has 1 fully saturated rings. The average molecular weight is 239 g/mol. The molecule has 0 N–H and O–H groups in total. The summed E-state index contributed by atoms with van der Waals surface area (Å²) < 4.78 is 0. The highest BCUT2D eigenvalue weighted by Gasteiger charge is 2.48. The highest BCUT2D eigenvalue weighted by atomic mass is 35.5. The second-order valence-electron chi connectivity index (χ2n) is 6.43. The Morgan fingerprint density at radius 1 is 1.31 bits per heavy atom. The third-order valence-electron chi connectivity index (χ3n) is 3.31. The summed E-state index contributed by atoms with van der Waals surface area (Å²) in [5, 5.41) is 0.567. The van der Waals surface area contributed by atoms with Crippen LogP contribution in [0.15, 0.2) is 6.07 Å². The first kappa shape index (κ1) is 11.8. The summed E-state index contributed by atoms with van der Waals surface area (Å²) in [6.07, 6.45) is 1.16. The zero-order valence-corrected chi connectivity index (χ0v) is 11.4. The van der Waals surface area contributed by atoms with Crippen LogP contribution in [0.2, 0.25) is 5.15 Å². The molecule has 2 rings (SSSR count). The van der Waals surface area contributed by atoms with E-state index in [9.17, 15) is 0 Å². The van der Waals surface area contributed by atoms with Crippen LogP contribution < -0.4 is 0 Å². The first-order chi connectivity index (χ1) is 7.20. The topological polar surface area (TPSA) is 25.8 Å². The van der Waals surface area contributed by atoms with E-state index in [2.05, 4.69) is 44.6 Å². The van der Waals surface area contributed by atoms with Crippen molar-refractivity contribution < 1.29 is 0 Å².